The third kappa shape index (κ3) is 3.41. The number of nitrogens with zero attached hydrogens (tertiary/aromatic N) is 3. The molecule has 2 fully saturated rings. The molecule has 17 heavy (non-hydrogen) atoms. The average Bonchev–Trinajstić information content (AvgIpc) is 3.05. The predicted octanol–water partition coefficient (Wildman–Crippen LogP) is 0.645. The van der Waals surface area contributed by atoms with Gasteiger partial charge >= 0.3 is 0 Å². The molecule has 1 aliphatic heterocycles. The van der Waals surface area contributed by atoms with Crippen LogP contribution in [0.15, 0.2) is 0 Å². The monoisotopic (exact) mass is 236 g/mol. The lowest BCUT2D eigenvalue weighted by atomic mass is 9.96. The van der Waals surface area contributed by atoms with E-state index in [-0.39, 0.29) is 0 Å². The van der Waals surface area contributed by atoms with Crippen LogP contribution in [0.25, 0.3) is 0 Å². The minimum Gasteiger partial charge on any atom is -0.312 e. The third-order valence-electron chi connectivity index (χ3n) is 4.04. The molecule has 4 heteroatoms. The van der Waals surface area contributed by atoms with Gasteiger partial charge in [0.15, 0.2) is 0 Å². The van der Waals surface area contributed by atoms with Crippen LogP contribution in [0.2, 0.25) is 0 Å². The van der Waals surface area contributed by atoms with Gasteiger partial charge in [0.1, 0.15) is 5.54 Å². The fraction of sp³-hybridized carbons (Fsp3) is 0.923. The van der Waals surface area contributed by atoms with Crippen molar-refractivity contribution >= 4 is 0 Å². The van der Waals surface area contributed by atoms with Gasteiger partial charge in [-0.25, -0.2) is 0 Å². The lowest BCUT2D eigenvalue weighted by Gasteiger charge is -2.29. The molecule has 1 heterocycles. The SMILES string of the molecule is CN(CCN1CCCC1)CC(N)(C#N)C1CC1. The number of likely N-dealkylation sites (tertiary alicyclic amines) is 1. The first-order valence-corrected chi connectivity index (χ1v) is 6.75. The summed E-state index contributed by atoms with van der Waals surface area (Å²) in [5, 5.41) is 9.21. The van der Waals surface area contributed by atoms with E-state index in [9.17, 15) is 5.26 Å². The molecule has 0 amide bonds. The van der Waals surface area contributed by atoms with Gasteiger partial charge in [0, 0.05) is 19.6 Å². The molecule has 1 saturated carbocycles. The first-order valence-electron chi connectivity index (χ1n) is 6.75. The largest absolute Gasteiger partial charge is 0.312 e. The molecule has 1 saturated heterocycles. The number of nitriles is 1. The first kappa shape index (κ1) is 12.8. The van der Waals surface area contributed by atoms with Gasteiger partial charge in [-0.15, -0.1) is 0 Å². The summed E-state index contributed by atoms with van der Waals surface area (Å²) >= 11 is 0. The number of likely N-dealkylation sites (N-methyl/N-ethyl adjacent to an activating group) is 1. The molecular formula is C13H24N4. The van der Waals surface area contributed by atoms with E-state index in [1.54, 1.807) is 0 Å². The standard InChI is InChI=1S/C13H24N4/c1-16(8-9-17-6-2-3-7-17)11-13(15,10-14)12-4-5-12/h12H,2-9,11,15H2,1H3. The zero-order chi connectivity index (χ0) is 12.3. The highest BCUT2D eigenvalue weighted by molar-refractivity contribution is 5.14. The van der Waals surface area contributed by atoms with Gasteiger partial charge in [-0.3, -0.25) is 0 Å². The molecule has 0 aromatic carbocycles. The Hall–Kier alpha value is -0.630. The second-order valence-electron chi connectivity index (χ2n) is 5.71. The second kappa shape index (κ2) is 5.34. The fourth-order valence-electron chi connectivity index (χ4n) is 2.70. The molecule has 0 aromatic heterocycles. The highest BCUT2D eigenvalue weighted by Gasteiger charge is 2.43. The van der Waals surface area contributed by atoms with Crippen LogP contribution in [0.3, 0.4) is 0 Å². The smallest absolute Gasteiger partial charge is 0.119 e. The summed E-state index contributed by atoms with van der Waals surface area (Å²) in [5.41, 5.74) is 5.56. The van der Waals surface area contributed by atoms with E-state index in [0.717, 1.165) is 25.9 Å². The Balaban J connectivity index is 1.72. The summed E-state index contributed by atoms with van der Waals surface area (Å²) in [6, 6.07) is 2.32. The van der Waals surface area contributed by atoms with E-state index >= 15 is 0 Å². The minimum absolute atomic E-state index is 0.432. The van der Waals surface area contributed by atoms with Crippen LogP contribution in [-0.4, -0.2) is 55.1 Å². The van der Waals surface area contributed by atoms with Crippen molar-refractivity contribution in [1.29, 1.82) is 5.26 Å². The maximum absolute atomic E-state index is 9.21. The first-order chi connectivity index (χ1) is 8.14. The van der Waals surface area contributed by atoms with Gasteiger partial charge in [0.25, 0.3) is 0 Å². The van der Waals surface area contributed by atoms with Gasteiger partial charge in [-0.2, -0.15) is 5.26 Å². The Kier molecular flexibility index (Phi) is 4.03. The molecule has 2 rings (SSSR count). The van der Waals surface area contributed by atoms with Crippen LogP contribution < -0.4 is 5.73 Å². The Labute approximate surface area is 104 Å². The van der Waals surface area contributed by atoms with Gasteiger partial charge in [-0.1, -0.05) is 0 Å². The van der Waals surface area contributed by atoms with Gasteiger partial charge in [-0.05, 0) is 51.7 Å². The van der Waals surface area contributed by atoms with Crippen LogP contribution in [0.4, 0.5) is 0 Å². The summed E-state index contributed by atoms with van der Waals surface area (Å²) < 4.78 is 0. The van der Waals surface area contributed by atoms with Crippen molar-refractivity contribution in [2.45, 2.75) is 31.2 Å². The van der Waals surface area contributed by atoms with Crippen LogP contribution in [0.1, 0.15) is 25.7 Å². The van der Waals surface area contributed by atoms with Gasteiger partial charge in [0.2, 0.25) is 0 Å². The topological polar surface area (TPSA) is 56.3 Å². The summed E-state index contributed by atoms with van der Waals surface area (Å²) in [6.07, 6.45) is 4.93. The van der Waals surface area contributed by atoms with Crippen LogP contribution in [-0.2, 0) is 0 Å². The molecule has 4 nitrogen and oxygen atoms in total. The van der Waals surface area contributed by atoms with Crippen molar-refractivity contribution in [3.63, 3.8) is 0 Å². The van der Waals surface area contributed by atoms with Crippen molar-refractivity contribution in [2.24, 2.45) is 11.7 Å². The highest BCUT2D eigenvalue weighted by atomic mass is 15.2. The summed E-state index contributed by atoms with van der Waals surface area (Å²) in [4.78, 5) is 4.72. The quantitative estimate of drug-likeness (QED) is 0.735. The van der Waals surface area contributed by atoms with E-state index in [4.69, 9.17) is 5.73 Å². The molecule has 1 aliphatic carbocycles. The number of hydrogen-bond acceptors (Lipinski definition) is 4. The Morgan fingerprint density at radius 3 is 2.59 bits per heavy atom. The van der Waals surface area contributed by atoms with Crippen molar-refractivity contribution in [1.82, 2.24) is 9.80 Å². The predicted molar refractivity (Wildman–Crippen MR) is 68.4 cm³/mol. The molecule has 2 N–H and O–H groups in total. The molecule has 96 valence electrons. The van der Waals surface area contributed by atoms with E-state index in [2.05, 4.69) is 22.9 Å². The van der Waals surface area contributed by atoms with E-state index in [0.29, 0.717) is 12.5 Å². The zero-order valence-electron chi connectivity index (χ0n) is 10.9. The van der Waals surface area contributed by atoms with Crippen molar-refractivity contribution in [3.8, 4) is 6.07 Å². The molecule has 1 unspecified atom stereocenters. The van der Waals surface area contributed by atoms with E-state index in [1.165, 1.54) is 25.9 Å². The molecular weight excluding hydrogens is 212 g/mol. The van der Waals surface area contributed by atoms with E-state index < -0.39 is 5.54 Å². The van der Waals surface area contributed by atoms with Crippen molar-refractivity contribution in [2.75, 3.05) is 39.8 Å². The fourth-order valence-corrected chi connectivity index (χ4v) is 2.70. The molecule has 0 radical (unpaired) electrons. The molecule has 0 bridgehead atoms. The van der Waals surface area contributed by atoms with E-state index in [1.807, 2.05) is 0 Å². The maximum Gasteiger partial charge on any atom is 0.119 e. The van der Waals surface area contributed by atoms with Gasteiger partial charge in [0.05, 0.1) is 6.07 Å². The molecule has 0 spiro atoms. The second-order valence-corrected chi connectivity index (χ2v) is 5.71. The lowest BCUT2D eigenvalue weighted by molar-refractivity contribution is 0.224. The molecule has 1 atom stereocenters. The number of rotatable bonds is 6. The molecule has 2 aliphatic rings. The van der Waals surface area contributed by atoms with Crippen LogP contribution >= 0.6 is 0 Å². The minimum atomic E-state index is -0.611. The Morgan fingerprint density at radius 1 is 1.41 bits per heavy atom. The Bertz CT molecular complexity index is 288. The lowest BCUT2D eigenvalue weighted by Crippen LogP contribution is -2.51. The summed E-state index contributed by atoms with van der Waals surface area (Å²) in [5.74, 6) is 0.432. The van der Waals surface area contributed by atoms with Crippen LogP contribution in [0, 0.1) is 17.2 Å². The highest BCUT2D eigenvalue weighted by Crippen LogP contribution is 2.38. The summed E-state index contributed by atoms with van der Waals surface area (Å²) in [7, 11) is 2.08. The average molecular weight is 236 g/mol. The Morgan fingerprint density at radius 2 is 2.06 bits per heavy atom. The third-order valence-corrected chi connectivity index (χ3v) is 4.04. The van der Waals surface area contributed by atoms with Crippen molar-refractivity contribution in [3.05, 3.63) is 0 Å². The van der Waals surface area contributed by atoms with Crippen molar-refractivity contribution < 1.29 is 0 Å². The zero-order valence-corrected chi connectivity index (χ0v) is 10.9. The maximum atomic E-state index is 9.21. The van der Waals surface area contributed by atoms with Crippen LogP contribution in [0.5, 0.6) is 0 Å². The summed E-state index contributed by atoms with van der Waals surface area (Å²) in [6.45, 7) is 5.32. The van der Waals surface area contributed by atoms with Gasteiger partial charge < -0.3 is 15.5 Å². The number of nitrogens with two attached hydrogens (primary N) is 1. The normalized spacial score (nSPS) is 24.8. The molecule has 0 aromatic rings. The number of hydrogen-bond donors (Lipinski definition) is 1.